The Morgan fingerprint density at radius 1 is 0.974 bits per heavy atom. The van der Waals surface area contributed by atoms with Crippen molar-refractivity contribution in [2.75, 3.05) is 19.6 Å². The molecule has 6 rings (SSSR count). The number of amides is 2. The number of nitrogens with zero attached hydrogens (tertiary/aromatic N) is 5. The van der Waals surface area contributed by atoms with Crippen LogP contribution in [0.15, 0.2) is 79.1 Å². The number of carbonyl (C=O) groups is 2. The fraction of sp³-hybridized carbons (Fsp3) is 0.214. The van der Waals surface area contributed by atoms with Gasteiger partial charge in [0.25, 0.3) is 5.91 Å². The molecular formula is C28H22F3N5O2. The Morgan fingerprint density at radius 2 is 1.71 bits per heavy atom. The number of benzene rings is 2. The average molecular weight is 518 g/mol. The third-order valence-corrected chi connectivity index (χ3v) is 7.08. The van der Waals surface area contributed by atoms with E-state index in [2.05, 4.69) is 10.1 Å². The molecule has 0 radical (unpaired) electrons. The van der Waals surface area contributed by atoms with Crippen molar-refractivity contribution in [1.82, 2.24) is 24.6 Å². The van der Waals surface area contributed by atoms with E-state index >= 15 is 0 Å². The molecule has 1 fully saturated rings. The van der Waals surface area contributed by atoms with Crippen LogP contribution in [-0.2, 0) is 17.4 Å². The lowest BCUT2D eigenvalue weighted by atomic mass is 9.90. The molecule has 2 aliphatic rings. The van der Waals surface area contributed by atoms with Gasteiger partial charge in [-0.3, -0.25) is 14.6 Å². The smallest absolute Gasteiger partial charge is 0.332 e. The Morgan fingerprint density at radius 3 is 2.45 bits per heavy atom. The number of hydrogen-bond donors (Lipinski definition) is 0. The molecule has 7 nitrogen and oxygen atoms in total. The van der Waals surface area contributed by atoms with Crippen LogP contribution in [-0.4, -0.2) is 56.0 Å². The van der Waals surface area contributed by atoms with E-state index in [-0.39, 0.29) is 24.2 Å². The molecule has 1 saturated heterocycles. The average Bonchev–Trinajstić information content (AvgIpc) is 3.38. The highest BCUT2D eigenvalue weighted by atomic mass is 19.4. The van der Waals surface area contributed by atoms with Crippen LogP contribution >= 0.6 is 0 Å². The highest BCUT2D eigenvalue weighted by Crippen LogP contribution is 2.34. The van der Waals surface area contributed by atoms with E-state index in [0.29, 0.717) is 30.0 Å². The van der Waals surface area contributed by atoms with Gasteiger partial charge in [0.15, 0.2) is 5.69 Å². The van der Waals surface area contributed by atoms with Gasteiger partial charge >= 0.3 is 6.18 Å². The van der Waals surface area contributed by atoms with Crippen LogP contribution in [0.5, 0.6) is 0 Å². The van der Waals surface area contributed by atoms with Gasteiger partial charge in [-0.15, -0.1) is 0 Å². The molecule has 1 unspecified atom stereocenters. The zero-order chi connectivity index (χ0) is 26.4. The molecule has 0 spiro atoms. The second-order valence-electron chi connectivity index (χ2n) is 9.34. The van der Waals surface area contributed by atoms with Crippen LogP contribution in [0.3, 0.4) is 0 Å². The number of piperazine rings is 1. The van der Waals surface area contributed by atoms with Crippen molar-refractivity contribution in [3.8, 4) is 16.9 Å². The minimum atomic E-state index is -4.47. The number of halogens is 3. The van der Waals surface area contributed by atoms with Gasteiger partial charge in [-0.25, -0.2) is 4.68 Å². The number of carbonyl (C=O) groups excluding carboxylic acids is 2. The molecule has 2 aliphatic heterocycles. The van der Waals surface area contributed by atoms with E-state index in [1.807, 2.05) is 29.2 Å². The Hall–Kier alpha value is -4.47. The van der Waals surface area contributed by atoms with Crippen LogP contribution in [0.2, 0.25) is 0 Å². The van der Waals surface area contributed by atoms with Gasteiger partial charge in [-0.1, -0.05) is 24.3 Å². The highest BCUT2D eigenvalue weighted by Gasteiger charge is 2.39. The van der Waals surface area contributed by atoms with E-state index < -0.39 is 17.6 Å². The van der Waals surface area contributed by atoms with E-state index in [1.54, 1.807) is 30.6 Å². The number of hydrogen-bond acceptors (Lipinski definition) is 4. The first-order chi connectivity index (χ1) is 18.3. The second-order valence-corrected chi connectivity index (χ2v) is 9.34. The van der Waals surface area contributed by atoms with Crippen molar-refractivity contribution in [3.05, 3.63) is 102 Å². The Labute approximate surface area is 216 Å². The van der Waals surface area contributed by atoms with Gasteiger partial charge in [-0.2, -0.15) is 18.3 Å². The summed E-state index contributed by atoms with van der Waals surface area (Å²) >= 11 is 0. The highest BCUT2D eigenvalue weighted by molar-refractivity contribution is 5.97. The minimum absolute atomic E-state index is 0.0603. The molecular weight excluding hydrogens is 495 g/mol. The molecule has 1 atom stereocenters. The molecule has 4 heterocycles. The summed E-state index contributed by atoms with van der Waals surface area (Å²) in [6, 6.07) is 17.4. The number of fused-ring (bicyclic) bond motifs is 3. The molecule has 2 aromatic carbocycles. The summed E-state index contributed by atoms with van der Waals surface area (Å²) in [6.45, 7) is 0.881. The molecule has 0 saturated carbocycles. The maximum absolute atomic E-state index is 13.7. The SMILES string of the molecule is O=C(c1cc(-c2ccncc2)n(-c2ccc(C(F)(F)F)cc2)n1)N1CC(=O)N2CCc3ccccc3C2C1. The van der Waals surface area contributed by atoms with Gasteiger partial charge in [0.2, 0.25) is 5.91 Å². The van der Waals surface area contributed by atoms with Crippen molar-refractivity contribution in [2.45, 2.75) is 18.6 Å². The lowest BCUT2D eigenvalue weighted by Gasteiger charge is -2.44. The topological polar surface area (TPSA) is 71.3 Å². The Bertz CT molecular complexity index is 1520. The van der Waals surface area contributed by atoms with Crippen LogP contribution in [0.1, 0.15) is 33.2 Å². The molecule has 0 aliphatic carbocycles. The molecule has 38 heavy (non-hydrogen) atoms. The third kappa shape index (κ3) is 4.21. The summed E-state index contributed by atoms with van der Waals surface area (Å²) in [6.07, 6.45) is -0.526. The fourth-order valence-corrected chi connectivity index (χ4v) is 5.19. The van der Waals surface area contributed by atoms with Gasteiger partial charge < -0.3 is 9.80 Å². The lowest BCUT2D eigenvalue weighted by Crippen LogP contribution is -2.55. The maximum Gasteiger partial charge on any atom is 0.416 e. The van der Waals surface area contributed by atoms with Crippen LogP contribution in [0.4, 0.5) is 13.2 Å². The first kappa shape index (κ1) is 23.9. The van der Waals surface area contributed by atoms with Crippen molar-refractivity contribution < 1.29 is 22.8 Å². The zero-order valence-electron chi connectivity index (χ0n) is 20.1. The largest absolute Gasteiger partial charge is 0.416 e. The molecule has 2 amide bonds. The lowest BCUT2D eigenvalue weighted by molar-refractivity contribution is -0.139. The number of aromatic nitrogens is 3. The molecule has 10 heteroatoms. The first-order valence-corrected chi connectivity index (χ1v) is 12.1. The summed E-state index contributed by atoms with van der Waals surface area (Å²) in [4.78, 5) is 34.0. The summed E-state index contributed by atoms with van der Waals surface area (Å²) < 4.78 is 40.8. The van der Waals surface area contributed by atoms with Gasteiger partial charge in [-0.05, 0) is 60.0 Å². The van der Waals surface area contributed by atoms with Gasteiger partial charge in [0.05, 0.1) is 23.0 Å². The fourth-order valence-electron chi connectivity index (χ4n) is 5.19. The minimum Gasteiger partial charge on any atom is -0.332 e. The third-order valence-electron chi connectivity index (χ3n) is 7.08. The van der Waals surface area contributed by atoms with E-state index in [1.165, 1.54) is 27.3 Å². The van der Waals surface area contributed by atoms with Crippen LogP contribution in [0.25, 0.3) is 16.9 Å². The number of rotatable bonds is 3. The summed E-state index contributed by atoms with van der Waals surface area (Å²) in [5, 5.41) is 4.50. The van der Waals surface area contributed by atoms with Gasteiger partial charge in [0, 0.05) is 31.0 Å². The van der Waals surface area contributed by atoms with E-state index in [4.69, 9.17) is 0 Å². The molecule has 0 bridgehead atoms. The van der Waals surface area contributed by atoms with Crippen molar-refractivity contribution in [3.63, 3.8) is 0 Å². The molecule has 2 aromatic heterocycles. The quantitative estimate of drug-likeness (QED) is 0.400. The van der Waals surface area contributed by atoms with E-state index in [9.17, 15) is 22.8 Å². The molecule has 4 aromatic rings. The Kier molecular flexibility index (Phi) is 5.74. The van der Waals surface area contributed by atoms with Gasteiger partial charge in [0.1, 0.15) is 6.54 Å². The van der Waals surface area contributed by atoms with Crippen LogP contribution < -0.4 is 0 Å². The Balaban J connectivity index is 1.36. The predicted octanol–water partition coefficient (Wildman–Crippen LogP) is 4.53. The van der Waals surface area contributed by atoms with Crippen molar-refractivity contribution in [2.24, 2.45) is 0 Å². The molecule has 192 valence electrons. The first-order valence-electron chi connectivity index (χ1n) is 12.1. The monoisotopic (exact) mass is 517 g/mol. The van der Waals surface area contributed by atoms with Crippen molar-refractivity contribution in [1.29, 1.82) is 0 Å². The van der Waals surface area contributed by atoms with Crippen molar-refractivity contribution >= 4 is 11.8 Å². The predicted molar refractivity (Wildman–Crippen MR) is 132 cm³/mol. The maximum atomic E-state index is 13.7. The normalized spacial score (nSPS) is 17.2. The summed E-state index contributed by atoms with van der Waals surface area (Å²) in [7, 11) is 0. The second kappa shape index (κ2) is 9.13. The molecule has 0 N–H and O–H groups in total. The number of pyridine rings is 1. The van der Waals surface area contributed by atoms with E-state index in [0.717, 1.165) is 24.1 Å². The summed E-state index contributed by atoms with van der Waals surface area (Å²) in [5.41, 5.74) is 3.10. The zero-order valence-corrected chi connectivity index (χ0v) is 20.1. The number of alkyl halides is 3. The summed E-state index contributed by atoms with van der Waals surface area (Å²) in [5.74, 6) is -0.539. The van der Waals surface area contributed by atoms with Crippen LogP contribution in [0, 0.1) is 0 Å². The standard InChI is InChI=1S/C28H22F3N5O2/c29-28(30,31)20-5-7-21(8-6-20)36-24(19-9-12-32-13-10-19)15-23(33-36)27(38)34-16-25-22-4-2-1-3-18(22)11-14-35(25)26(37)17-34/h1-10,12-13,15,25H,11,14,16-17H2.